The third kappa shape index (κ3) is 12.5. The molecule has 0 aliphatic rings. The molecular weight excluding hydrogens is 352 g/mol. The lowest BCUT2D eigenvalue weighted by Gasteiger charge is -2.08. The van der Waals surface area contributed by atoms with E-state index in [4.69, 9.17) is 0 Å². The average molecular weight is 406 g/mol. The van der Waals surface area contributed by atoms with E-state index in [2.05, 4.69) is 49.2 Å². The second-order valence-corrected chi connectivity index (χ2v) is 9.46. The van der Waals surface area contributed by atoms with Crippen LogP contribution in [0.1, 0.15) is 149 Å². The van der Waals surface area contributed by atoms with E-state index < -0.39 is 0 Å². The summed E-state index contributed by atoms with van der Waals surface area (Å²) in [6.45, 7) is 10.4. The molecule has 0 unspecified atom stereocenters. The van der Waals surface area contributed by atoms with Crippen molar-refractivity contribution in [3.8, 4) is 0 Å². The molecule has 0 saturated carbocycles. The summed E-state index contributed by atoms with van der Waals surface area (Å²) in [5.74, 6) is 1.56. The molecule has 0 aromatic carbocycles. The molecule has 0 spiro atoms. The summed E-state index contributed by atoms with van der Waals surface area (Å²) in [4.78, 5) is 0. The Hall–Kier alpha value is -0.790. The van der Waals surface area contributed by atoms with Crippen LogP contribution in [0.3, 0.4) is 0 Å². The lowest BCUT2D eigenvalue weighted by Crippen LogP contribution is -2.37. The summed E-state index contributed by atoms with van der Waals surface area (Å²) < 4.78 is 5.04. The normalized spacial score (nSPS) is 11.6. The van der Waals surface area contributed by atoms with Crippen LogP contribution >= 0.6 is 0 Å². The fourth-order valence-electron chi connectivity index (χ4n) is 4.43. The van der Waals surface area contributed by atoms with Gasteiger partial charge >= 0.3 is 0 Å². The SMILES string of the molecule is CCCCCCCCCCCCCCCc1n(C(C)C)cc[n+]1CCCCCC. The highest BCUT2D eigenvalue weighted by Crippen LogP contribution is 2.15. The molecule has 0 amide bonds. The van der Waals surface area contributed by atoms with E-state index in [0.29, 0.717) is 6.04 Å². The van der Waals surface area contributed by atoms with Crippen LogP contribution in [0.25, 0.3) is 0 Å². The van der Waals surface area contributed by atoms with Crippen molar-refractivity contribution in [1.82, 2.24) is 4.57 Å². The minimum atomic E-state index is 0.573. The van der Waals surface area contributed by atoms with Crippen LogP contribution < -0.4 is 4.57 Å². The number of nitrogens with zero attached hydrogens (tertiary/aromatic N) is 2. The van der Waals surface area contributed by atoms with Gasteiger partial charge in [0.25, 0.3) is 5.82 Å². The van der Waals surface area contributed by atoms with Gasteiger partial charge in [-0.15, -0.1) is 0 Å². The standard InChI is InChI=1S/C27H53N2/c1-5-7-9-11-12-13-14-15-16-17-18-19-20-22-27-28(23-21-10-8-6-2)24-25-29(27)26(3)4/h24-26H,5-23H2,1-4H3/q+1. The Balaban J connectivity index is 2.13. The average Bonchev–Trinajstić information content (AvgIpc) is 3.12. The molecule has 0 saturated heterocycles. The van der Waals surface area contributed by atoms with Crippen molar-refractivity contribution < 1.29 is 4.57 Å². The monoisotopic (exact) mass is 405 g/mol. The smallest absolute Gasteiger partial charge is 0.234 e. The van der Waals surface area contributed by atoms with Gasteiger partial charge in [-0.3, -0.25) is 0 Å². The van der Waals surface area contributed by atoms with Crippen LogP contribution in [0.4, 0.5) is 0 Å². The molecule has 2 heteroatoms. The second kappa shape index (κ2) is 18.0. The molecule has 1 rings (SSSR count). The van der Waals surface area contributed by atoms with Crippen molar-refractivity contribution >= 4 is 0 Å². The Labute approximate surface area is 183 Å². The van der Waals surface area contributed by atoms with E-state index in [1.54, 1.807) is 5.82 Å². The molecule has 0 aliphatic heterocycles. The van der Waals surface area contributed by atoms with Crippen LogP contribution in [0, 0.1) is 0 Å². The van der Waals surface area contributed by atoms with Crippen LogP contribution in [0.15, 0.2) is 12.4 Å². The molecule has 0 radical (unpaired) electrons. The lowest BCUT2D eigenvalue weighted by atomic mass is 10.0. The Morgan fingerprint density at radius 1 is 0.655 bits per heavy atom. The first-order valence-electron chi connectivity index (χ1n) is 13.3. The highest BCUT2D eigenvalue weighted by atomic mass is 15.2. The van der Waals surface area contributed by atoms with E-state index in [0.717, 1.165) is 0 Å². The number of aromatic nitrogens is 2. The lowest BCUT2D eigenvalue weighted by molar-refractivity contribution is -0.704. The summed E-state index contributed by atoms with van der Waals surface area (Å²) in [5.41, 5.74) is 0. The van der Waals surface area contributed by atoms with Gasteiger partial charge in [0.15, 0.2) is 0 Å². The van der Waals surface area contributed by atoms with E-state index in [-0.39, 0.29) is 0 Å². The van der Waals surface area contributed by atoms with Crippen LogP contribution in [-0.2, 0) is 13.0 Å². The molecule has 0 atom stereocenters. The van der Waals surface area contributed by atoms with Crippen LogP contribution in [0.2, 0.25) is 0 Å². The maximum absolute atomic E-state index is 2.54. The van der Waals surface area contributed by atoms with Gasteiger partial charge in [-0.1, -0.05) is 104 Å². The molecule has 0 N–H and O–H groups in total. The molecule has 1 aromatic rings. The number of unbranched alkanes of at least 4 members (excludes halogenated alkanes) is 15. The van der Waals surface area contributed by atoms with Gasteiger partial charge in [0.05, 0.1) is 12.6 Å². The fourth-order valence-corrected chi connectivity index (χ4v) is 4.43. The maximum atomic E-state index is 2.54. The zero-order valence-electron chi connectivity index (χ0n) is 20.6. The van der Waals surface area contributed by atoms with Gasteiger partial charge in [0.2, 0.25) is 0 Å². The number of hydrogen-bond acceptors (Lipinski definition) is 0. The van der Waals surface area contributed by atoms with Crippen molar-refractivity contribution in [2.45, 2.75) is 156 Å². The van der Waals surface area contributed by atoms with E-state index in [1.807, 2.05) is 0 Å². The van der Waals surface area contributed by atoms with Gasteiger partial charge in [0.1, 0.15) is 12.4 Å². The van der Waals surface area contributed by atoms with E-state index in [9.17, 15) is 0 Å². The summed E-state index contributed by atoms with van der Waals surface area (Å²) >= 11 is 0. The molecule has 0 fully saturated rings. The first-order valence-corrected chi connectivity index (χ1v) is 13.3. The van der Waals surface area contributed by atoms with Crippen LogP contribution in [0.5, 0.6) is 0 Å². The number of aryl methyl sites for hydroxylation is 1. The van der Waals surface area contributed by atoms with E-state index in [1.165, 1.54) is 122 Å². The second-order valence-electron chi connectivity index (χ2n) is 9.46. The van der Waals surface area contributed by atoms with Gasteiger partial charge in [-0.2, -0.15) is 0 Å². The summed E-state index contributed by atoms with van der Waals surface area (Å²) in [5, 5.41) is 0. The number of hydrogen-bond donors (Lipinski definition) is 0. The molecule has 0 bridgehead atoms. The minimum Gasteiger partial charge on any atom is -0.234 e. The van der Waals surface area contributed by atoms with Gasteiger partial charge in [-0.05, 0) is 33.1 Å². The topological polar surface area (TPSA) is 8.81 Å². The zero-order chi connectivity index (χ0) is 21.2. The highest BCUT2D eigenvalue weighted by molar-refractivity contribution is 4.86. The van der Waals surface area contributed by atoms with Gasteiger partial charge in [0, 0.05) is 6.42 Å². The van der Waals surface area contributed by atoms with E-state index >= 15 is 0 Å². The van der Waals surface area contributed by atoms with Crippen molar-refractivity contribution in [1.29, 1.82) is 0 Å². The molecule has 1 aromatic heterocycles. The van der Waals surface area contributed by atoms with Crippen molar-refractivity contribution in [2.75, 3.05) is 0 Å². The van der Waals surface area contributed by atoms with Gasteiger partial charge < -0.3 is 0 Å². The third-order valence-corrected chi connectivity index (χ3v) is 6.35. The predicted octanol–water partition coefficient (Wildman–Crippen LogP) is 8.57. The molecule has 1 heterocycles. The largest absolute Gasteiger partial charge is 0.256 e. The third-order valence-electron chi connectivity index (χ3n) is 6.35. The minimum absolute atomic E-state index is 0.573. The quantitative estimate of drug-likeness (QED) is 0.152. The van der Waals surface area contributed by atoms with Gasteiger partial charge in [-0.25, -0.2) is 9.13 Å². The molecule has 170 valence electrons. The Bertz CT molecular complexity index is 475. The fraction of sp³-hybridized carbons (Fsp3) is 0.889. The van der Waals surface area contributed by atoms with Crippen molar-refractivity contribution in [3.63, 3.8) is 0 Å². The Morgan fingerprint density at radius 3 is 1.59 bits per heavy atom. The molecular formula is C27H53N2+. The predicted molar refractivity (Wildman–Crippen MR) is 129 cm³/mol. The summed E-state index contributed by atoms with van der Waals surface area (Å²) in [6, 6.07) is 0.573. The summed E-state index contributed by atoms with van der Waals surface area (Å²) in [7, 11) is 0. The van der Waals surface area contributed by atoms with Crippen molar-refractivity contribution in [2.24, 2.45) is 0 Å². The molecule has 2 nitrogen and oxygen atoms in total. The molecule has 0 aliphatic carbocycles. The summed E-state index contributed by atoms with van der Waals surface area (Å²) in [6.07, 6.45) is 29.9. The first-order chi connectivity index (χ1) is 14.2. The Kier molecular flexibility index (Phi) is 16.3. The highest BCUT2D eigenvalue weighted by Gasteiger charge is 2.18. The number of rotatable bonds is 20. The van der Waals surface area contributed by atoms with Crippen LogP contribution in [-0.4, -0.2) is 4.57 Å². The number of imidazole rings is 1. The Morgan fingerprint density at radius 2 is 1.10 bits per heavy atom. The first kappa shape index (κ1) is 26.2. The zero-order valence-corrected chi connectivity index (χ0v) is 20.6. The maximum Gasteiger partial charge on any atom is 0.256 e. The van der Waals surface area contributed by atoms with Crippen molar-refractivity contribution in [3.05, 3.63) is 18.2 Å². The molecule has 29 heavy (non-hydrogen) atoms.